The number of nitrogens with zero attached hydrogens (tertiary/aromatic N) is 3. The second-order valence-corrected chi connectivity index (χ2v) is 8.14. The number of carbonyl (C=O) groups is 1. The minimum absolute atomic E-state index is 0.146. The predicted molar refractivity (Wildman–Crippen MR) is 113 cm³/mol. The molecule has 0 fully saturated rings. The summed E-state index contributed by atoms with van der Waals surface area (Å²) in [7, 11) is 0. The van der Waals surface area contributed by atoms with Crippen molar-refractivity contribution in [2.45, 2.75) is 35.1 Å². The summed E-state index contributed by atoms with van der Waals surface area (Å²) >= 11 is 1.19. The number of nitro groups is 1. The number of aryl methyl sites for hydroxylation is 1. The van der Waals surface area contributed by atoms with Gasteiger partial charge in [-0.25, -0.2) is 4.98 Å². The molecule has 0 N–H and O–H groups in total. The smallest absolute Gasteiger partial charge is 0.270 e. The zero-order valence-electron chi connectivity index (χ0n) is 15.9. The predicted octanol–water partition coefficient (Wildman–Crippen LogP) is 5.10. The highest BCUT2D eigenvalue weighted by atomic mass is 32.2. The van der Waals surface area contributed by atoms with Gasteiger partial charge in [-0.15, -0.1) is 0 Å². The first kappa shape index (κ1) is 19.8. The molecule has 0 bridgehead atoms. The van der Waals surface area contributed by atoms with E-state index in [9.17, 15) is 20.2 Å². The molecule has 1 aromatic heterocycles. The van der Waals surface area contributed by atoms with Gasteiger partial charge in [-0.1, -0.05) is 42.1 Å². The molecular formula is C23H17N3O3S. The van der Waals surface area contributed by atoms with Crippen LogP contribution in [0, 0.1) is 21.4 Å². The van der Waals surface area contributed by atoms with E-state index < -0.39 is 4.92 Å². The second-order valence-electron chi connectivity index (χ2n) is 7.11. The Morgan fingerprint density at radius 3 is 2.70 bits per heavy atom. The molecule has 30 heavy (non-hydrogen) atoms. The van der Waals surface area contributed by atoms with Gasteiger partial charge in [-0.05, 0) is 48.4 Å². The third kappa shape index (κ3) is 3.95. The van der Waals surface area contributed by atoms with Gasteiger partial charge in [0.15, 0.2) is 6.29 Å². The Balaban J connectivity index is 1.65. The van der Waals surface area contributed by atoms with E-state index in [1.54, 1.807) is 0 Å². The number of hydrogen-bond donors (Lipinski definition) is 0. The van der Waals surface area contributed by atoms with Crippen molar-refractivity contribution in [1.82, 2.24) is 4.98 Å². The molecule has 1 aliphatic rings. The number of carbonyl (C=O) groups excluding carboxylic acids is 1. The number of rotatable bonds is 5. The van der Waals surface area contributed by atoms with Crippen LogP contribution in [0.3, 0.4) is 0 Å². The summed E-state index contributed by atoms with van der Waals surface area (Å²) in [5.74, 6) is 0.405. The van der Waals surface area contributed by atoms with E-state index in [0.29, 0.717) is 27.7 Å². The van der Waals surface area contributed by atoms with Gasteiger partial charge in [0.2, 0.25) is 0 Å². The van der Waals surface area contributed by atoms with Gasteiger partial charge < -0.3 is 0 Å². The fraction of sp³-hybridized carbons (Fsp3) is 0.174. The highest BCUT2D eigenvalue weighted by Crippen LogP contribution is 2.37. The highest BCUT2D eigenvalue weighted by Gasteiger charge is 2.23. The van der Waals surface area contributed by atoms with Gasteiger partial charge in [-0.3, -0.25) is 14.9 Å². The summed E-state index contributed by atoms with van der Waals surface area (Å²) in [4.78, 5) is 27.1. The maximum atomic E-state index is 11.4. The van der Waals surface area contributed by atoms with Crippen molar-refractivity contribution in [1.29, 1.82) is 5.26 Å². The fourth-order valence-corrected chi connectivity index (χ4v) is 4.69. The Hall–Kier alpha value is -3.50. The van der Waals surface area contributed by atoms with E-state index in [-0.39, 0.29) is 11.3 Å². The Kier molecular flexibility index (Phi) is 5.59. The van der Waals surface area contributed by atoms with Gasteiger partial charge >= 0.3 is 0 Å². The lowest BCUT2D eigenvalue weighted by Gasteiger charge is -2.25. The molecular weight excluding hydrogens is 398 g/mol. The van der Waals surface area contributed by atoms with Gasteiger partial charge in [0.05, 0.1) is 10.5 Å². The Labute approximate surface area is 177 Å². The van der Waals surface area contributed by atoms with Crippen LogP contribution < -0.4 is 0 Å². The van der Waals surface area contributed by atoms with Crippen LogP contribution in [-0.2, 0) is 12.8 Å². The fourth-order valence-electron chi connectivity index (χ4n) is 3.75. The Morgan fingerprint density at radius 1 is 1.20 bits per heavy atom. The molecule has 2 aromatic carbocycles. The van der Waals surface area contributed by atoms with Crippen molar-refractivity contribution < 1.29 is 9.72 Å². The average Bonchev–Trinajstić information content (AvgIpc) is 2.79. The molecule has 0 saturated heterocycles. The van der Waals surface area contributed by atoms with Crippen LogP contribution in [0.4, 0.5) is 5.69 Å². The number of nitriles is 1. The van der Waals surface area contributed by atoms with Crippen molar-refractivity contribution >= 4 is 23.7 Å². The maximum absolute atomic E-state index is 11.4. The number of non-ortho nitro benzene ring substituents is 1. The van der Waals surface area contributed by atoms with Crippen LogP contribution in [-0.4, -0.2) is 16.2 Å². The Morgan fingerprint density at radius 2 is 2.00 bits per heavy atom. The molecule has 0 aliphatic heterocycles. The summed E-state index contributed by atoms with van der Waals surface area (Å²) in [6.07, 6.45) is 3.22. The SMILES string of the molecule is N#Cc1cc2c(nc1Sc1ccc([N+](=O)[O-])cc1C=O)CC[C@@H](c1ccccc1)C2. The standard InChI is InChI=1S/C23H17N3O3S/c24-13-18-11-17-10-16(15-4-2-1-3-5-15)6-8-21(17)25-23(18)30-22-9-7-20(26(28)29)12-19(22)14-27/h1-5,7,9,11-12,14,16H,6,8,10H2/t16-/m1/s1. The molecule has 0 amide bonds. The van der Waals surface area contributed by atoms with E-state index in [2.05, 4.69) is 18.2 Å². The molecule has 0 saturated carbocycles. The first-order valence-electron chi connectivity index (χ1n) is 9.48. The molecule has 1 atom stereocenters. The lowest BCUT2D eigenvalue weighted by molar-refractivity contribution is -0.384. The van der Waals surface area contributed by atoms with E-state index in [0.717, 1.165) is 30.5 Å². The Bertz CT molecular complexity index is 1170. The molecule has 0 spiro atoms. The topological polar surface area (TPSA) is 96.9 Å². The van der Waals surface area contributed by atoms with E-state index in [4.69, 9.17) is 4.98 Å². The van der Waals surface area contributed by atoms with Crippen LogP contribution >= 0.6 is 11.8 Å². The molecule has 1 aliphatic carbocycles. The van der Waals surface area contributed by atoms with Crippen molar-refractivity contribution in [3.8, 4) is 6.07 Å². The molecule has 3 aromatic rings. The van der Waals surface area contributed by atoms with Crippen LogP contribution in [0.15, 0.2) is 64.5 Å². The first-order valence-corrected chi connectivity index (χ1v) is 10.3. The van der Waals surface area contributed by atoms with Crippen molar-refractivity contribution in [2.24, 2.45) is 0 Å². The monoisotopic (exact) mass is 415 g/mol. The van der Waals surface area contributed by atoms with Crippen LogP contribution in [0.1, 0.15) is 45.1 Å². The van der Waals surface area contributed by atoms with Crippen LogP contribution in [0.5, 0.6) is 0 Å². The molecule has 148 valence electrons. The average molecular weight is 415 g/mol. The quantitative estimate of drug-likeness (QED) is 0.327. The van der Waals surface area contributed by atoms with Gasteiger partial charge in [0.25, 0.3) is 5.69 Å². The molecule has 0 radical (unpaired) electrons. The molecule has 6 nitrogen and oxygen atoms in total. The lowest BCUT2D eigenvalue weighted by atomic mass is 9.82. The lowest BCUT2D eigenvalue weighted by Crippen LogP contribution is -2.15. The zero-order valence-corrected chi connectivity index (χ0v) is 16.8. The maximum Gasteiger partial charge on any atom is 0.270 e. The summed E-state index contributed by atoms with van der Waals surface area (Å²) in [5.41, 5.74) is 3.85. The van der Waals surface area contributed by atoms with Crippen LogP contribution in [0.25, 0.3) is 0 Å². The summed E-state index contributed by atoms with van der Waals surface area (Å²) in [5, 5.41) is 21.1. The number of fused-ring (bicyclic) bond motifs is 1. The highest BCUT2D eigenvalue weighted by molar-refractivity contribution is 7.99. The van der Waals surface area contributed by atoms with E-state index >= 15 is 0 Å². The third-order valence-electron chi connectivity index (χ3n) is 5.28. The van der Waals surface area contributed by atoms with Crippen molar-refractivity contribution in [2.75, 3.05) is 0 Å². The largest absolute Gasteiger partial charge is 0.298 e. The summed E-state index contributed by atoms with van der Waals surface area (Å²) in [6.45, 7) is 0. The van der Waals surface area contributed by atoms with Crippen molar-refractivity contribution in [3.63, 3.8) is 0 Å². The number of nitro benzene ring substituents is 1. The first-order chi connectivity index (χ1) is 14.6. The normalized spacial score (nSPS) is 15.1. The second kappa shape index (κ2) is 8.47. The third-order valence-corrected chi connectivity index (χ3v) is 6.38. The minimum Gasteiger partial charge on any atom is -0.298 e. The van der Waals surface area contributed by atoms with E-state index in [1.165, 1.54) is 35.5 Å². The molecule has 7 heteroatoms. The van der Waals surface area contributed by atoms with Crippen molar-refractivity contribution in [3.05, 3.63) is 92.7 Å². The number of hydrogen-bond acceptors (Lipinski definition) is 6. The number of pyridine rings is 1. The molecule has 0 unspecified atom stereocenters. The van der Waals surface area contributed by atoms with Gasteiger partial charge in [0.1, 0.15) is 11.1 Å². The number of aromatic nitrogens is 1. The van der Waals surface area contributed by atoms with Gasteiger partial charge in [-0.2, -0.15) is 5.26 Å². The zero-order chi connectivity index (χ0) is 21.1. The minimum atomic E-state index is -0.539. The number of aldehydes is 1. The summed E-state index contributed by atoms with van der Waals surface area (Å²) < 4.78 is 0. The molecule has 1 heterocycles. The summed E-state index contributed by atoms with van der Waals surface area (Å²) in [6, 6.07) is 18.6. The number of benzene rings is 2. The van der Waals surface area contributed by atoms with Gasteiger partial charge in [0, 0.05) is 28.3 Å². The molecule has 4 rings (SSSR count). The van der Waals surface area contributed by atoms with Crippen LogP contribution in [0.2, 0.25) is 0 Å². The van der Waals surface area contributed by atoms with E-state index in [1.807, 2.05) is 24.3 Å².